The normalized spacial score (nSPS) is 26.1. The Kier molecular flexibility index (Phi) is 4.19. The van der Waals surface area contributed by atoms with Crippen molar-refractivity contribution >= 4 is 40.5 Å². The molecule has 0 saturated carbocycles. The topological polar surface area (TPSA) is 21.3 Å². The average Bonchev–Trinajstić information content (AvgIpc) is 2.55. The summed E-state index contributed by atoms with van der Waals surface area (Å²) in [6, 6.07) is 11.7. The van der Waals surface area contributed by atoms with Crippen LogP contribution in [0.1, 0.15) is 36.1 Å². The molecule has 0 bridgehead atoms. The fourth-order valence-electron chi connectivity index (χ4n) is 3.70. The van der Waals surface area contributed by atoms with Gasteiger partial charge in [-0.05, 0) is 48.7 Å². The van der Waals surface area contributed by atoms with Crippen LogP contribution >= 0.6 is 34.8 Å². The lowest BCUT2D eigenvalue weighted by Crippen LogP contribution is -2.36. The van der Waals surface area contributed by atoms with Gasteiger partial charge < -0.3 is 10.1 Å². The number of fused-ring (bicyclic) bond motifs is 3. The molecule has 0 radical (unpaired) electrons. The maximum absolute atomic E-state index is 6.46. The van der Waals surface area contributed by atoms with E-state index in [1.165, 1.54) is 0 Å². The fourth-order valence-corrected chi connectivity index (χ4v) is 4.41. The van der Waals surface area contributed by atoms with Gasteiger partial charge >= 0.3 is 0 Å². The summed E-state index contributed by atoms with van der Waals surface area (Å²) in [4.78, 5) is 0. The third-order valence-electron chi connectivity index (χ3n) is 4.72. The SMILES string of the molecule is Clc1ccc([C@@H]2Nc3ccc(Cl)cc3[C@@H]3OCCC[C@H]23)c(Cl)c1. The molecule has 0 amide bonds. The summed E-state index contributed by atoms with van der Waals surface area (Å²) < 4.78 is 6.11. The standard InChI is InChI=1S/C18H16Cl3NO/c19-10-4-6-16-14(8-10)18-13(2-1-7-23-18)17(22-16)12-5-3-11(20)9-15(12)21/h3-6,8-9,13,17-18,22H,1-2,7H2/t13-,17+,18-/m1/s1. The van der Waals surface area contributed by atoms with Gasteiger partial charge in [0.2, 0.25) is 0 Å². The van der Waals surface area contributed by atoms with E-state index in [1.807, 2.05) is 30.3 Å². The van der Waals surface area contributed by atoms with Crippen LogP contribution in [0.4, 0.5) is 5.69 Å². The van der Waals surface area contributed by atoms with Gasteiger partial charge in [-0.25, -0.2) is 0 Å². The van der Waals surface area contributed by atoms with Gasteiger partial charge in [0.25, 0.3) is 0 Å². The van der Waals surface area contributed by atoms with Gasteiger partial charge in [-0.3, -0.25) is 0 Å². The molecule has 2 aromatic rings. The third-order valence-corrected chi connectivity index (χ3v) is 5.52. The molecular formula is C18H16Cl3NO. The molecule has 0 unspecified atom stereocenters. The largest absolute Gasteiger partial charge is 0.377 e. The molecule has 0 aromatic heterocycles. The minimum Gasteiger partial charge on any atom is -0.377 e. The van der Waals surface area contributed by atoms with E-state index >= 15 is 0 Å². The van der Waals surface area contributed by atoms with Crippen molar-refractivity contribution in [1.29, 1.82) is 0 Å². The van der Waals surface area contributed by atoms with E-state index in [1.54, 1.807) is 6.07 Å². The zero-order chi connectivity index (χ0) is 16.0. The zero-order valence-corrected chi connectivity index (χ0v) is 14.6. The van der Waals surface area contributed by atoms with Crippen LogP contribution in [0.2, 0.25) is 15.1 Å². The summed E-state index contributed by atoms with van der Waals surface area (Å²) >= 11 is 18.7. The highest BCUT2D eigenvalue weighted by molar-refractivity contribution is 6.35. The lowest BCUT2D eigenvalue weighted by Gasteiger charge is -2.43. The zero-order valence-electron chi connectivity index (χ0n) is 12.4. The summed E-state index contributed by atoms with van der Waals surface area (Å²) in [6.07, 6.45) is 2.20. The quantitative estimate of drug-likeness (QED) is 0.639. The van der Waals surface area contributed by atoms with Crippen LogP contribution in [0, 0.1) is 5.92 Å². The second-order valence-corrected chi connectivity index (χ2v) is 7.40. The van der Waals surface area contributed by atoms with Crippen LogP contribution in [0.5, 0.6) is 0 Å². The molecule has 2 aliphatic rings. The van der Waals surface area contributed by atoms with Gasteiger partial charge in [0, 0.05) is 38.8 Å². The van der Waals surface area contributed by atoms with Gasteiger partial charge in [-0.1, -0.05) is 40.9 Å². The summed E-state index contributed by atoms with van der Waals surface area (Å²) in [5.41, 5.74) is 3.27. The van der Waals surface area contributed by atoms with Crippen molar-refractivity contribution in [2.75, 3.05) is 11.9 Å². The molecule has 1 fully saturated rings. The van der Waals surface area contributed by atoms with Crippen LogP contribution < -0.4 is 5.32 Å². The average molecular weight is 369 g/mol. The predicted molar refractivity (Wildman–Crippen MR) is 95.7 cm³/mol. The minimum absolute atomic E-state index is 0.0513. The van der Waals surface area contributed by atoms with E-state index in [-0.39, 0.29) is 12.1 Å². The molecule has 2 nitrogen and oxygen atoms in total. The van der Waals surface area contributed by atoms with E-state index in [9.17, 15) is 0 Å². The summed E-state index contributed by atoms with van der Waals surface area (Å²) in [5, 5.41) is 5.71. The molecule has 0 spiro atoms. The van der Waals surface area contributed by atoms with Gasteiger partial charge in [-0.15, -0.1) is 0 Å². The van der Waals surface area contributed by atoms with E-state index in [0.29, 0.717) is 16.0 Å². The first-order valence-corrected chi connectivity index (χ1v) is 8.89. The lowest BCUT2D eigenvalue weighted by atomic mass is 9.77. The predicted octanol–water partition coefficient (Wildman–Crippen LogP) is 6.28. The number of ether oxygens (including phenoxy) is 1. The minimum atomic E-state index is 0.0513. The molecule has 2 heterocycles. The Morgan fingerprint density at radius 2 is 1.74 bits per heavy atom. The number of halogens is 3. The molecule has 4 rings (SSSR count). The number of rotatable bonds is 1. The third kappa shape index (κ3) is 2.83. The lowest BCUT2D eigenvalue weighted by molar-refractivity contribution is -0.0381. The number of hydrogen-bond donors (Lipinski definition) is 1. The van der Waals surface area contributed by atoms with E-state index in [4.69, 9.17) is 39.5 Å². The first kappa shape index (κ1) is 15.6. The van der Waals surface area contributed by atoms with Crippen molar-refractivity contribution in [2.45, 2.75) is 25.0 Å². The molecule has 23 heavy (non-hydrogen) atoms. The first-order valence-electron chi connectivity index (χ1n) is 7.76. The highest BCUT2D eigenvalue weighted by atomic mass is 35.5. The van der Waals surface area contributed by atoms with Crippen molar-refractivity contribution in [3.63, 3.8) is 0 Å². The van der Waals surface area contributed by atoms with Gasteiger partial charge in [0.15, 0.2) is 0 Å². The van der Waals surface area contributed by atoms with Crippen LogP contribution in [0.15, 0.2) is 36.4 Å². The monoisotopic (exact) mass is 367 g/mol. The number of hydrogen-bond acceptors (Lipinski definition) is 2. The Balaban J connectivity index is 1.80. The number of anilines is 1. The highest BCUT2D eigenvalue weighted by Gasteiger charge is 2.40. The molecule has 5 heteroatoms. The van der Waals surface area contributed by atoms with Crippen molar-refractivity contribution in [3.8, 4) is 0 Å². The van der Waals surface area contributed by atoms with Crippen LogP contribution in [0.3, 0.4) is 0 Å². The van der Waals surface area contributed by atoms with Crippen LogP contribution in [-0.4, -0.2) is 6.61 Å². The Labute approximate surface area is 150 Å². The second-order valence-electron chi connectivity index (χ2n) is 6.12. The van der Waals surface area contributed by atoms with Crippen LogP contribution in [-0.2, 0) is 4.74 Å². The smallest absolute Gasteiger partial charge is 0.0896 e. The Bertz CT molecular complexity index is 749. The summed E-state index contributed by atoms with van der Waals surface area (Å²) in [5.74, 6) is 0.327. The van der Waals surface area contributed by atoms with Crippen LogP contribution in [0.25, 0.3) is 0 Å². The molecule has 120 valence electrons. The fraction of sp³-hybridized carbons (Fsp3) is 0.333. The maximum atomic E-state index is 6.46. The molecule has 2 aliphatic heterocycles. The molecular weight excluding hydrogens is 353 g/mol. The number of nitrogens with one attached hydrogen (secondary N) is 1. The van der Waals surface area contributed by atoms with Crippen molar-refractivity contribution in [1.82, 2.24) is 0 Å². The first-order chi connectivity index (χ1) is 11.1. The van der Waals surface area contributed by atoms with Crippen molar-refractivity contribution < 1.29 is 4.74 Å². The Morgan fingerprint density at radius 3 is 2.57 bits per heavy atom. The second kappa shape index (κ2) is 6.18. The molecule has 1 N–H and O–H groups in total. The highest BCUT2D eigenvalue weighted by Crippen LogP contribution is 2.50. The van der Waals surface area contributed by atoms with Crippen molar-refractivity contribution in [2.24, 2.45) is 5.92 Å². The van der Waals surface area contributed by atoms with Gasteiger partial charge in [0.1, 0.15) is 0 Å². The summed E-state index contributed by atoms with van der Waals surface area (Å²) in [6.45, 7) is 0.786. The van der Waals surface area contributed by atoms with Crippen molar-refractivity contribution in [3.05, 3.63) is 62.6 Å². The Hall–Kier alpha value is -0.930. The van der Waals surface area contributed by atoms with Gasteiger partial charge in [-0.2, -0.15) is 0 Å². The molecule has 1 saturated heterocycles. The molecule has 0 aliphatic carbocycles. The Morgan fingerprint density at radius 1 is 0.957 bits per heavy atom. The maximum Gasteiger partial charge on any atom is 0.0896 e. The van der Waals surface area contributed by atoms with E-state index in [2.05, 4.69) is 5.32 Å². The van der Waals surface area contributed by atoms with E-state index in [0.717, 1.165) is 41.3 Å². The number of benzene rings is 2. The molecule has 3 atom stereocenters. The molecule has 2 aromatic carbocycles. The van der Waals surface area contributed by atoms with E-state index < -0.39 is 0 Å². The summed E-state index contributed by atoms with van der Waals surface area (Å²) in [7, 11) is 0. The van der Waals surface area contributed by atoms with Gasteiger partial charge in [0.05, 0.1) is 12.1 Å².